The van der Waals surface area contributed by atoms with Crippen molar-refractivity contribution in [2.24, 2.45) is 0 Å². The average molecular weight is 230 g/mol. The third-order valence-electron chi connectivity index (χ3n) is 3.14. The minimum atomic E-state index is 0.228. The summed E-state index contributed by atoms with van der Waals surface area (Å²) in [4.78, 5) is 8.74. The van der Waals surface area contributed by atoms with Crippen LogP contribution in [0.2, 0.25) is 0 Å². The Morgan fingerprint density at radius 3 is 2.88 bits per heavy atom. The molecule has 1 N–H and O–H groups in total. The first-order valence-corrected chi connectivity index (χ1v) is 5.76. The van der Waals surface area contributed by atoms with E-state index >= 15 is 0 Å². The zero-order chi connectivity index (χ0) is 11.7. The Balaban J connectivity index is 1.90. The summed E-state index contributed by atoms with van der Waals surface area (Å²) in [6.45, 7) is 3.61. The summed E-state index contributed by atoms with van der Waals surface area (Å²) in [5.41, 5.74) is 1.08. The number of hydrogen-bond donors (Lipinski definition) is 1. The largest absolute Gasteiger partial charge is 0.339 e. The van der Waals surface area contributed by atoms with E-state index in [2.05, 4.69) is 20.4 Å². The fraction of sp³-hybridized carbons (Fsp3) is 0.417. The van der Waals surface area contributed by atoms with Crippen LogP contribution in [0.5, 0.6) is 0 Å². The molecule has 0 radical (unpaired) electrons. The smallest absolute Gasteiger partial charge is 0.231 e. The van der Waals surface area contributed by atoms with E-state index in [9.17, 15) is 0 Å². The lowest BCUT2D eigenvalue weighted by Gasteiger charge is -2.13. The standard InChI is InChI=1S/C12H14N4O/c1-8-15-12(17-16-8)10-7-13-6-9(10)11-4-2-3-5-14-11/h2-5,9-10,13H,6-7H2,1H3/t9-,10-/m1/s1. The summed E-state index contributed by atoms with van der Waals surface area (Å²) in [5, 5.41) is 7.22. The van der Waals surface area contributed by atoms with Crippen LogP contribution in [0.1, 0.15) is 29.2 Å². The molecule has 0 unspecified atom stereocenters. The van der Waals surface area contributed by atoms with E-state index in [-0.39, 0.29) is 5.92 Å². The van der Waals surface area contributed by atoms with Gasteiger partial charge in [-0.2, -0.15) is 4.98 Å². The van der Waals surface area contributed by atoms with Crippen molar-refractivity contribution in [2.45, 2.75) is 18.8 Å². The fourth-order valence-electron chi connectivity index (χ4n) is 2.31. The molecule has 17 heavy (non-hydrogen) atoms. The zero-order valence-electron chi connectivity index (χ0n) is 9.63. The number of rotatable bonds is 2. The number of pyridine rings is 1. The summed E-state index contributed by atoms with van der Waals surface area (Å²) in [7, 11) is 0. The lowest BCUT2D eigenvalue weighted by Crippen LogP contribution is -2.10. The lowest BCUT2D eigenvalue weighted by atomic mass is 9.92. The topological polar surface area (TPSA) is 63.8 Å². The van der Waals surface area contributed by atoms with Crippen LogP contribution in [-0.4, -0.2) is 28.2 Å². The van der Waals surface area contributed by atoms with Crippen LogP contribution in [0.4, 0.5) is 0 Å². The van der Waals surface area contributed by atoms with Crippen LogP contribution < -0.4 is 5.32 Å². The van der Waals surface area contributed by atoms with E-state index in [4.69, 9.17) is 4.52 Å². The quantitative estimate of drug-likeness (QED) is 0.841. The van der Waals surface area contributed by atoms with Gasteiger partial charge in [0, 0.05) is 30.9 Å². The molecular weight excluding hydrogens is 216 g/mol. The van der Waals surface area contributed by atoms with Gasteiger partial charge in [0.05, 0.1) is 5.92 Å². The lowest BCUT2D eigenvalue weighted by molar-refractivity contribution is 0.347. The van der Waals surface area contributed by atoms with Gasteiger partial charge in [0.1, 0.15) is 0 Å². The highest BCUT2D eigenvalue weighted by Gasteiger charge is 2.34. The van der Waals surface area contributed by atoms with Gasteiger partial charge >= 0.3 is 0 Å². The molecule has 0 saturated carbocycles. The van der Waals surface area contributed by atoms with E-state index < -0.39 is 0 Å². The number of aromatic nitrogens is 3. The average Bonchev–Trinajstić information content (AvgIpc) is 2.98. The molecule has 5 nitrogen and oxygen atoms in total. The Bertz CT molecular complexity index is 496. The predicted molar refractivity (Wildman–Crippen MR) is 61.6 cm³/mol. The van der Waals surface area contributed by atoms with Crippen LogP contribution in [0.3, 0.4) is 0 Å². The van der Waals surface area contributed by atoms with Crippen LogP contribution in [0.15, 0.2) is 28.9 Å². The SMILES string of the molecule is Cc1noc([C@@H]2CNC[C@H]2c2ccccn2)n1. The second kappa shape index (κ2) is 4.25. The molecule has 0 aliphatic carbocycles. The van der Waals surface area contributed by atoms with Gasteiger partial charge in [-0.1, -0.05) is 11.2 Å². The van der Waals surface area contributed by atoms with Crippen molar-refractivity contribution in [3.8, 4) is 0 Å². The Kier molecular flexibility index (Phi) is 2.60. The number of nitrogens with zero attached hydrogens (tertiary/aromatic N) is 3. The molecule has 1 fully saturated rings. The summed E-state index contributed by atoms with van der Waals surface area (Å²) in [5.74, 6) is 1.94. The van der Waals surface area contributed by atoms with Gasteiger partial charge in [0.15, 0.2) is 5.82 Å². The van der Waals surface area contributed by atoms with Gasteiger partial charge in [-0.25, -0.2) is 0 Å². The number of hydrogen-bond acceptors (Lipinski definition) is 5. The van der Waals surface area contributed by atoms with Gasteiger partial charge in [0.2, 0.25) is 5.89 Å². The van der Waals surface area contributed by atoms with E-state index in [1.165, 1.54) is 0 Å². The van der Waals surface area contributed by atoms with Crippen molar-refractivity contribution in [3.05, 3.63) is 41.8 Å². The molecular formula is C12H14N4O. The Hall–Kier alpha value is -1.75. The van der Waals surface area contributed by atoms with Crippen molar-refractivity contribution < 1.29 is 4.52 Å². The number of nitrogens with one attached hydrogen (secondary N) is 1. The fourth-order valence-corrected chi connectivity index (χ4v) is 2.31. The maximum absolute atomic E-state index is 5.27. The molecule has 0 aromatic carbocycles. The first-order chi connectivity index (χ1) is 8.34. The third-order valence-corrected chi connectivity index (χ3v) is 3.14. The summed E-state index contributed by atoms with van der Waals surface area (Å²) in [6.07, 6.45) is 1.82. The van der Waals surface area contributed by atoms with E-state index in [0.717, 1.165) is 18.8 Å². The van der Waals surface area contributed by atoms with Crippen molar-refractivity contribution in [3.63, 3.8) is 0 Å². The third kappa shape index (κ3) is 1.93. The predicted octanol–water partition coefficient (Wildman–Crippen LogP) is 1.24. The second-order valence-corrected chi connectivity index (χ2v) is 4.31. The van der Waals surface area contributed by atoms with Gasteiger partial charge in [0.25, 0.3) is 0 Å². The maximum Gasteiger partial charge on any atom is 0.231 e. The Morgan fingerprint density at radius 1 is 1.29 bits per heavy atom. The molecule has 3 rings (SSSR count). The van der Waals surface area contributed by atoms with Gasteiger partial charge < -0.3 is 9.84 Å². The van der Waals surface area contributed by atoms with Gasteiger partial charge in [-0.05, 0) is 19.1 Å². The molecule has 1 aliphatic rings. The van der Waals surface area contributed by atoms with Crippen LogP contribution in [0.25, 0.3) is 0 Å². The molecule has 0 bridgehead atoms. The highest BCUT2D eigenvalue weighted by molar-refractivity contribution is 5.19. The van der Waals surface area contributed by atoms with Crippen molar-refractivity contribution >= 4 is 0 Å². The summed E-state index contributed by atoms with van der Waals surface area (Å²) >= 11 is 0. The number of aryl methyl sites for hydroxylation is 1. The molecule has 1 aliphatic heterocycles. The minimum Gasteiger partial charge on any atom is -0.339 e. The molecule has 88 valence electrons. The Morgan fingerprint density at radius 2 is 2.18 bits per heavy atom. The van der Waals surface area contributed by atoms with Gasteiger partial charge in [-0.3, -0.25) is 4.98 Å². The highest BCUT2D eigenvalue weighted by Crippen LogP contribution is 2.33. The van der Waals surface area contributed by atoms with Crippen molar-refractivity contribution in [2.75, 3.05) is 13.1 Å². The van der Waals surface area contributed by atoms with Crippen LogP contribution >= 0.6 is 0 Å². The highest BCUT2D eigenvalue weighted by atomic mass is 16.5. The molecule has 0 spiro atoms. The normalized spacial score (nSPS) is 24.1. The molecule has 2 aromatic rings. The van der Waals surface area contributed by atoms with Crippen LogP contribution in [0, 0.1) is 6.92 Å². The zero-order valence-corrected chi connectivity index (χ0v) is 9.63. The van der Waals surface area contributed by atoms with Crippen molar-refractivity contribution in [1.82, 2.24) is 20.4 Å². The summed E-state index contributed by atoms with van der Waals surface area (Å²) < 4.78 is 5.27. The van der Waals surface area contributed by atoms with E-state index in [0.29, 0.717) is 17.6 Å². The molecule has 0 amide bonds. The summed E-state index contributed by atoms with van der Waals surface area (Å²) in [6, 6.07) is 5.99. The molecule has 2 aromatic heterocycles. The molecule has 5 heteroatoms. The van der Waals surface area contributed by atoms with E-state index in [1.807, 2.05) is 31.3 Å². The van der Waals surface area contributed by atoms with Gasteiger partial charge in [-0.15, -0.1) is 0 Å². The first-order valence-electron chi connectivity index (χ1n) is 5.76. The molecule has 1 saturated heterocycles. The molecule has 2 atom stereocenters. The molecule has 3 heterocycles. The monoisotopic (exact) mass is 230 g/mol. The Labute approximate surface area is 99.3 Å². The first kappa shape index (κ1) is 10.4. The van der Waals surface area contributed by atoms with Crippen molar-refractivity contribution in [1.29, 1.82) is 0 Å². The second-order valence-electron chi connectivity index (χ2n) is 4.31. The minimum absolute atomic E-state index is 0.228. The maximum atomic E-state index is 5.27. The van der Waals surface area contributed by atoms with E-state index in [1.54, 1.807) is 0 Å². The van der Waals surface area contributed by atoms with Crippen LogP contribution in [-0.2, 0) is 0 Å².